The maximum absolute atomic E-state index is 14.1. The van der Waals surface area contributed by atoms with Gasteiger partial charge < -0.3 is 11.1 Å². The molecule has 0 aliphatic carbocycles. The Labute approximate surface area is 191 Å². The quantitative estimate of drug-likeness (QED) is 0.438. The summed E-state index contributed by atoms with van der Waals surface area (Å²) in [5.41, 5.74) is 6.77. The van der Waals surface area contributed by atoms with Crippen molar-refractivity contribution in [2.75, 3.05) is 5.75 Å². The number of thioether (sulfide) groups is 1. The average Bonchev–Trinajstić information content (AvgIpc) is 3.03. The molecule has 1 aliphatic rings. The number of nitrogens with zero attached hydrogens (tertiary/aromatic N) is 2. The molecular formula is C22H31BrF2N4S. The third kappa shape index (κ3) is 5.92. The van der Waals surface area contributed by atoms with Gasteiger partial charge in [0, 0.05) is 29.8 Å². The van der Waals surface area contributed by atoms with Gasteiger partial charge in [0.25, 0.3) is 0 Å². The van der Waals surface area contributed by atoms with E-state index >= 15 is 0 Å². The summed E-state index contributed by atoms with van der Waals surface area (Å²) >= 11 is 5.04. The van der Waals surface area contributed by atoms with Gasteiger partial charge in [-0.1, -0.05) is 48.1 Å². The first-order chi connectivity index (χ1) is 14.0. The minimum absolute atomic E-state index is 0.0463. The number of aliphatic imine (C=N–C) groups is 1. The summed E-state index contributed by atoms with van der Waals surface area (Å²) in [6, 6.07) is 0.975. The first kappa shape index (κ1) is 25.0. The second-order valence-corrected chi connectivity index (χ2v) is 10.5. The molecule has 0 aromatic carbocycles. The summed E-state index contributed by atoms with van der Waals surface area (Å²) in [5.74, 6) is -0.538. The molecule has 0 fully saturated rings. The molecule has 1 aromatic heterocycles. The van der Waals surface area contributed by atoms with Crippen LogP contribution in [0.3, 0.4) is 0 Å². The number of amidine groups is 1. The van der Waals surface area contributed by atoms with Crippen LogP contribution in [0.4, 0.5) is 8.78 Å². The van der Waals surface area contributed by atoms with Crippen molar-refractivity contribution in [3.8, 4) is 0 Å². The molecule has 1 aliphatic heterocycles. The van der Waals surface area contributed by atoms with Crippen molar-refractivity contribution in [2.24, 2.45) is 16.6 Å². The van der Waals surface area contributed by atoms with Gasteiger partial charge in [0.2, 0.25) is 0 Å². The Morgan fingerprint density at radius 2 is 2.07 bits per heavy atom. The van der Waals surface area contributed by atoms with E-state index in [-0.39, 0.29) is 29.6 Å². The van der Waals surface area contributed by atoms with Crippen molar-refractivity contribution in [3.05, 3.63) is 52.3 Å². The largest absolute Gasteiger partial charge is 0.379 e. The number of allylic oxidation sites excluding steroid dienone is 1. The van der Waals surface area contributed by atoms with Crippen LogP contribution in [0.1, 0.15) is 52.7 Å². The summed E-state index contributed by atoms with van der Waals surface area (Å²) in [7, 11) is 0. The topological polar surface area (TPSA) is 63.3 Å². The Morgan fingerprint density at radius 1 is 1.40 bits per heavy atom. The fourth-order valence-corrected chi connectivity index (χ4v) is 5.33. The van der Waals surface area contributed by atoms with Gasteiger partial charge >= 0.3 is 0 Å². The smallest absolute Gasteiger partial charge is 0.154 e. The SMILES string of the molecule is C=C(C=C(C)Br)C1(C(C)CC(C)NC(C)C(C)c2ncc(F)cc2F)CSC(N)=N1. The van der Waals surface area contributed by atoms with Crippen molar-refractivity contribution >= 4 is 32.9 Å². The zero-order valence-electron chi connectivity index (χ0n) is 18.2. The van der Waals surface area contributed by atoms with Gasteiger partial charge in [-0.3, -0.25) is 9.98 Å². The highest BCUT2D eigenvalue weighted by Crippen LogP contribution is 2.41. The van der Waals surface area contributed by atoms with Crippen LogP contribution in [-0.2, 0) is 0 Å². The molecular weight excluding hydrogens is 470 g/mol. The zero-order valence-corrected chi connectivity index (χ0v) is 20.6. The van der Waals surface area contributed by atoms with E-state index in [9.17, 15) is 8.78 Å². The second-order valence-electron chi connectivity index (χ2n) is 8.22. The standard InChI is InChI=1S/C22H31BrF2N4S/c1-12(7-14(3)23)22(11-30-21(26)29-22)13(2)8-15(4)28-17(6)16(5)20-19(25)9-18(24)10-27-20/h7,9-10,13,15-17,28H,1,8,11H2,2-6H3,(H2,26,29). The number of pyridine rings is 1. The second kappa shape index (κ2) is 10.4. The van der Waals surface area contributed by atoms with E-state index in [4.69, 9.17) is 10.7 Å². The number of hydrogen-bond acceptors (Lipinski definition) is 5. The maximum atomic E-state index is 14.1. The Balaban J connectivity index is 2.09. The predicted octanol–water partition coefficient (Wildman–Crippen LogP) is 5.51. The number of nitrogens with one attached hydrogen (secondary N) is 1. The molecule has 30 heavy (non-hydrogen) atoms. The lowest BCUT2D eigenvalue weighted by Gasteiger charge is -2.35. The zero-order chi connectivity index (χ0) is 22.6. The van der Waals surface area contributed by atoms with E-state index in [1.54, 1.807) is 11.8 Å². The monoisotopic (exact) mass is 500 g/mol. The summed E-state index contributed by atoms with van der Waals surface area (Å²) in [6.07, 6.45) is 3.90. The average molecular weight is 501 g/mol. The van der Waals surface area contributed by atoms with Gasteiger partial charge in [-0.05, 0) is 49.2 Å². The third-order valence-electron chi connectivity index (χ3n) is 5.77. The molecule has 0 saturated carbocycles. The first-order valence-corrected chi connectivity index (χ1v) is 11.8. The van der Waals surface area contributed by atoms with Crippen LogP contribution in [0.25, 0.3) is 0 Å². The Kier molecular flexibility index (Phi) is 8.65. The summed E-state index contributed by atoms with van der Waals surface area (Å²) in [5, 5.41) is 4.13. The van der Waals surface area contributed by atoms with Crippen LogP contribution >= 0.6 is 27.7 Å². The molecule has 5 unspecified atom stereocenters. The highest BCUT2D eigenvalue weighted by Gasteiger charge is 2.42. The van der Waals surface area contributed by atoms with Crippen LogP contribution in [0, 0.1) is 17.6 Å². The molecule has 5 atom stereocenters. The molecule has 0 spiro atoms. The van der Waals surface area contributed by atoms with Gasteiger partial charge in [0.05, 0.1) is 17.4 Å². The molecule has 0 radical (unpaired) electrons. The minimum Gasteiger partial charge on any atom is -0.379 e. The van der Waals surface area contributed by atoms with Crippen LogP contribution in [0.5, 0.6) is 0 Å². The lowest BCUT2D eigenvalue weighted by Crippen LogP contribution is -2.43. The Hall–Kier alpha value is -1.25. The van der Waals surface area contributed by atoms with Gasteiger partial charge in [0.15, 0.2) is 5.17 Å². The van der Waals surface area contributed by atoms with Crippen LogP contribution in [-0.4, -0.2) is 33.5 Å². The molecule has 0 saturated heterocycles. The minimum atomic E-state index is -0.668. The molecule has 4 nitrogen and oxygen atoms in total. The lowest BCUT2D eigenvalue weighted by molar-refractivity contribution is 0.302. The van der Waals surface area contributed by atoms with Crippen molar-refractivity contribution < 1.29 is 8.78 Å². The lowest BCUT2D eigenvalue weighted by atomic mass is 9.77. The van der Waals surface area contributed by atoms with Crippen LogP contribution < -0.4 is 11.1 Å². The highest BCUT2D eigenvalue weighted by molar-refractivity contribution is 9.11. The molecule has 0 bridgehead atoms. The van der Waals surface area contributed by atoms with E-state index in [2.05, 4.69) is 46.7 Å². The van der Waals surface area contributed by atoms with E-state index in [0.717, 1.165) is 34.5 Å². The van der Waals surface area contributed by atoms with Crippen LogP contribution in [0.15, 0.2) is 40.0 Å². The molecule has 166 valence electrons. The number of aromatic nitrogens is 1. The highest BCUT2D eigenvalue weighted by atomic mass is 79.9. The van der Waals surface area contributed by atoms with E-state index < -0.39 is 17.2 Å². The molecule has 2 rings (SSSR count). The molecule has 2 heterocycles. The number of rotatable bonds is 9. The van der Waals surface area contributed by atoms with Crippen LogP contribution in [0.2, 0.25) is 0 Å². The van der Waals surface area contributed by atoms with E-state index in [1.807, 2.05) is 26.8 Å². The number of nitrogens with two attached hydrogens (primary N) is 1. The summed E-state index contributed by atoms with van der Waals surface area (Å²) in [4.78, 5) is 8.73. The molecule has 0 amide bonds. The third-order valence-corrected chi connectivity index (χ3v) is 6.97. The fourth-order valence-electron chi connectivity index (χ4n) is 3.93. The Morgan fingerprint density at radius 3 is 2.60 bits per heavy atom. The van der Waals surface area contributed by atoms with Crippen molar-refractivity contribution in [1.29, 1.82) is 0 Å². The van der Waals surface area contributed by atoms with Crippen molar-refractivity contribution in [3.63, 3.8) is 0 Å². The van der Waals surface area contributed by atoms with Gasteiger partial charge in [-0.2, -0.15) is 0 Å². The molecule has 1 aromatic rings. The normalized spacial score (nSPS) is 23.6. The maximum Gasteiger partial charge on any atom is 0.154 e. The Bertz CT molecular complexity index is 840. The first-order valence-electron chi connectivity index (χ1n) is 10.0. The molecule has 8 heteroatoms. The van der Waals surface area contributed by atoms with E-state index in [0.29, 0.717) is 5.17 Å². The van der Waals surface area contributed by atoms with Gasteiger partial charge in [-0.25, -0.2) is 8.78 Å². The predicted molar refractivity (Wildman–Crippen MR) is 127 cm³/mol. The number of halogens is 3. The van der Waals surface area contributed by atoms with Gasteiger partial charge in [-0.15, -0.1) is 0 Å². The van der Waals surface area contributed by atoms with E-state index in [1.165, 1.54) is 0 Å². The molecule has 3 N–H and O–H groups in total. The van der Waals surface area contributed by atoms with Crippen molar-refractivity contribution in [2.45, 2.75) is 64.6 Å². The van der Waals surface area contributed by atoms with Gasteiger partial charge in [0.1, 0.15) is 11.6 Å². The van der Waals surface area contributed by atoms with Crippen molar-refractivity contribution in [1.82, 2.24) is 10.3 Å². The number of hydrogen-bond donors (Lipinski definition) is 2. The summed E-state index contributed by atoms with van der Waals surface area (Å²) < 4.78 is 28.3. The fraction of sp³-hybridized carbons (Fsp3) is 0.545. The summed E-state index contributed by atoms with van der Waals surface area (Å²) in [6.45, 7) is 14.4.